The SMILES string of the molecule is COC1C2CCCCCCCCCCCCC1CCC2. The molecule has 1 nitrogen and oxygen atoms in total. The van der Waals surface area contributed by atoms with Gasteiger partial charge in [-0.3, -0.25) is 0 Å². The first kappa shape index (κ1) is 16.3. The summed E-state index contributed by atoms with van der Waals surface area (Å²) in [7, 11) is 1.96. The molecule has 1 heteroatoms. The van der Waals surface area contributed by atoms with E-state index in [1.807, 2.05) is 7.11 Å². The third kappa shape index (κ3) is 5.39. The Morgan fingerprint density at radius 1 is 0.500 bits per heavy atom. The lowest BCUT2D eigenvalue weighted by atomic mass is 9.74. The number of ether oxygens (including phenoxy) is 1. The summed E-state index contributed by atoms with van der Waals surface area (Å²) in [4.78, 5) is 0. The number of fused-ring (bicyclic) bond motifs is 2. The van der Waals surface area contributed by atoms with Gasteiger partial charge in [-0.1, -0.05) is 70.6 Å². The van der Waals surface area contributed by atoms with Crippen molar-refractivity contribution >= 4 is 0 Å². The summed E-state index contributed by atoms with van der Waals surface area (Å²) in [5.74, 6) is 1.73. The van der Waals surface area contributed by atoms with Gasteiger partial charge in [0.05, 0.1) is 6.10 Å². The molecule has 0 saturated heterocycles. The van der Waals surface area contributed by atoms with Crippen molar-refractivity contribution in [3.63, 3.8) is 0 Å². The highest BCUT2D eigenvalue weighted by molar-refractivity contribution is 4.83. The Labute approximate surface area is 126 Å². The molecule has 2 rings (SSSR count). The van der Waals surface area contributed by atoms with Crippen molar-refractivity contribution in [2.45, 2.75) is 102 Å². The molecule has 118 valence electrons. The summed E-state index contributed by atoms with van der Waals surface area (Å²) in [6, 6.07) is 0. The number of methoxy groups -OCH3 is 1. The van der Waals surface area contributed by atoms with E-state index in [0.29, 0.717) is 6.10 Å². The van der Waals surface area contributed by atoms with Crippen molar-refractivity contribution in [3.05, 3.63) is 0 Å². The second-order valence-corrected chi connectivity index (χ2v) is 7.26. The second kappa shape index (κ2) is 9.82. The van der Waals surface area contributed by atoms with Crippen LogP contribution in [-0.4, -0.2) is 13.2 Å². The van der Waals surface area contributed by atoms with E-state index in [4.69, 9.17) is 4.74 Å². The molecule has 0 aromatic carbocycles. The lowest BCUT2D eigenvalue weighted by Crippen LogP contribution is -2.35. The van der Waals surface area contributed by atoms with Crippen LogP contribution in [0, 0.1) is 11.8 Å². The fraction of sp³-hybridized carbons (Fsp3) is 1.00. The first-order chi connectivity index (χ1) is 9.92. The molecule has 0 N–H and O–H groups in total. The van der Waals surface area contributed by atoms with Gasteiger partial charge in [0.25, 0.3) is 0 Å². The first-order valence-corrected chi connectivity index (χ1v) is 9.44. The summed E-state index contributed by atoms with van der Waals surface area (Å²) < 4.78 is 5.94. The van der Waals surface area contributed by atoms with Crippen LogP contribution in [0.5, 0.6) is 0 Å². The average Bonchev–Trinajstić information content (AvgIpc) is 2.48. The summed E-state index contributed by atoms with van der Waals surface area (Å²) in [6.45, 7) is 0. The van der Waals surface area contributed by atoms with Crippen molar-refractivity contribution in [1.82, 2.24) is 0 Å². The minimum Gasteiger partial charge on any atom is -0.381 e. The molecule has 0 heterocycles. The third-order valence-corrected chi connectivity index (χ3v) is 5.75. The Bertz CT molecular complexity index is 216. The molecule has 2 fully saturated rings. The van der Waals surface area contributed by atoms with Crippen LogP contribution in [0.25, 0.3) is 0 Å². The smallest absolute Gasteiger partial charge is 0.0627 e. The van der Waals surface area contributed by atoms with Crippen molar-refractivity contribution in [2.75, 3.05) is 7.11 Å². The van der Waals surface area contributed by atoms with E-state index in [9.17, 15) is 0 Å². The van der Waals surface area contributed by atoms with Gasteiger partial charge in [0, 0.05) is 7.11 Å². The van der Waals surface area contributed by atoms with Crippen molar-refractivity contribution in [3.8, 4) is 0 Å². The predicted molar refractivity (Wildman–Crippen MR) is 87.0 cm³/mol. The molecule has 0 spiro atoms. The molecule has 0 aromatic heterocycles. The van der Waals surface area contributed by atoms with E-state index in [2.05, 4.69) is 0 Å². The quantitative estimate of drug-likeness (QED) is 0.563. The summed E-state index contributed by atoms with van der Waals surface area (Å²) in [6.07, 6.45) is 22.4. The minimum atomic E-state index is 0.578. The maximum atomic E-state index is 5.94. The van der Waals surface area contributed by atoms with Crippen molar-refractivity contribution < 1.29 is 4.74 Å². The molecule has 2 atom stereocenters. The highest BCUT2D eigenvalue weighted by atomic mass is 16.5. The van der Waals surface area contributed by atoms with Crippen LogP contribution in [0.2, 0.25) is 0 Å². The van der Waals surface area contributed by atoms with E-state index in [1.165, 1.54) is 96.3 Å². The highest BCUT2D eigenvalue weighted by Gasteiger charge is 2.32. The lowest BCUT2D eigenvalue weighted by molar-refractivity contribution is -0.0270. The van der Waals surface area contributed by atoms with Crippen LogP contribution in [0.15, 0.2) is 0 Å². The van der Waals surface area contributed by atoms with E-state index < -0.39 is 0 Å². The molecule has 2 bridgehead atoms. The fourth-order valence-corrected chi connectivity index (χ4v) is 4.59. The third-order valence-electron chi connectivity index (χ3n) is 5.75. The van der Waals surface area contributed by atoms with Gasteiger partial charge in [-0.05, 0) is 37.5 Å². The Kier molecular flexibility index (Phi) is 8.02. The van der Waals surface area contributed by atoms with Crippen molar-refractivity contribution in [2.24, 2.45) is 11.8 Å². The maximum Gasteiger partial charge on any atom is 0.0627 e. The van der Waals surface area contributed by atoms with E-state index in [-0.39, 0.29) is 0 Å². The van der Waals surface area contributed by atoms with E-state index in [0.717, 1.165) is 11.8 Å². The molecule has 0 aliphatic heterocycles. The Balaban J connectivity index is 1.85. The first-order valence-electron chi connectivity index (χ1n) is 9.44. The standard InChI is InChI=1S/C19H36O/c1-20-19-17-13-10-8-6-4-2-3-5-7-9-11-14-18(19)16-12-15-17/h17-19H,2-16H2,1H3. The molecule has 0 amide bonds. The van der Waals surface area contributed by atoms with Gasteiger partial charge < -0.3 is 4.74 Å². The van der Waals surface area contributed by atoms with Gasteiger partial charge in [-0.2, -0.15) is 0 Å². The molecular weight excluding hydrogens is 244 g/mol. The van der Waals surface area contributed by atoms with E-state index in [1.54, 1.807) is 0 Å². The van der Waals surface area contributed by atoms with Crippen LogP contribution in [0.4, 0.5) is 0 Å². The zero-order chi connectivity index (χ0) is 14.0. The van der Waals surface area contributed by atoms with Gasteiger partial charge in [0.15, 0.2) is 0 Å². The minimum absolute atomic E-state index is 0.578. The largest absolute Gasteiger partial charge is 0.381 e. The topological polar surface area (TPSA) is 9.23 Å². The monoisotopic (exact) mass is 280 g/mol. The van der Waals surface area contributed by atoms with E-state index >= 15 is 0 Å². The van der Waals surface area contributed by atoms with Crippen LogP contribution in [0.1, 0.15) is 96.3 Å². The van der Waals surface area contributed by atoms with Gasteiger partial charge in [0.1, 0.15) is 0 Å². The fourth-order valence-electron chi connectivity index (χ4n) is 4.59. The van der Waals surface area contributed by atoms with Gasteiger partial charge in [-0.25, -0.2) is 0 Å². The Morgan fingerprint density at radius 3 is 1.25 bits per heavy atom. The van der Waals surface area contributed by atoms with Gasteiger partial charge in [0.2, 0.25) is 0 Å². The average molecular weight is 280 g/mol. The normalized spacial score (nSPS) is 35.0. The Hall–Kier alpha value is -0.0400. The maximum absolute atomic E-state index is 5.94. The number of rotatable bonds is 1. The second-order valence-electron chi connectivity index (χ2n) is 7.26. The summed E-state index contributed by atoms with van der Waals surface area (Å²) >= 11 is 0. The Morgan fingerprint density at radius 2 is 0.850 bits per heavy atom. The zero-order valence-corrected chi connectivity index (χ0v) is 13.7. The molecule has 2 unspecified atom stereocenters. The predicted octanol–water partition coefficient (Wildman–Crippen LogP) is 6.11. The summed E-state index contributed by atoms with van der Waals surface area (Å²) in [5.41, 5.74) is 0. The molecular formula is C19H36O. The molecule has 0 radical (unpaired) electrons. The van der Waals surface area contributed by atoms with Gasteiger partial charge >= 0.3 is 0 Å². The van der Waals surface area contributed by atoms with Gasteiger partial charge in [-0.15, -0.1) is 0 Å². The highest BCUT2D eigenvalue weighted by Crippen LogP contribution is 2.37. The zero-order valence-electron chi connectivity index (χ0n) is 13.7. The van der Waals surface area contributed by atoms with Crippen LogP contribution in [-0.2, 0) is 4.74 Å². The molecule has 2 saturated carbocycles. The van der Waals surface area contributed by atoms with Crippen LogP contribution in [0.3, 0.4) is 0 Å². The molecule has 20 heavy (non-hydrogen) atoms. The van der Waals surface area contributed by atoms with Crippen LogP contribution < -0.4 is 0 Å². The molecule has 2 aliphatic rings. The molecule has 0 aromatic rings. The number of hydrogen-bond donors (Lipinski definition) is 0. The van der Waals surface area contributed by atoms with Crippen molar-refractivity contribution in [1.29, 1.82) is 0 Å². The van der Waals surface area contributed by atoms with Crippen LogP contribution >= 0.6 is 0 Å². The number of hydrogen-bond acceptors (Lipinski definition) is 1. The molecule has 2 aliphatic carbocycles. The summed E-state index contributed by atoms with van der Waals surface area (Å²) in [5, 5.41) is 0. The lowest BCUT2D eigenvalue weighted by Gasteiger charge is -2.37.